The molecule has 0 bridgehead atoms. The normalized spacial score (nSPS) is 14.5. The second-order valence-corrected chi connectivity index (χ2v) is 5.90. The summed E-state index contributed by atoms with van der Waals surface area (Å²) in [5.74, 6) is 0. The van der Waals surface area contributed by atoms with Gasteiger partial charge in [-0.3, -0.25) is 10.2 Å². The number of aromatic amines is 2. The van der Waals surface area contributed by atoms with Gasteiger partial charge in [0, 0.05) is 22.5 Å². The zero-order valence-corrected chi connectivity index (χ0v) is 12.1. The Kier molecular flexibility index (Phi) is 2.38. The Labute approximate surface area is 126 Å². The first-order valence-electron chi connectivity index (χ1n) is 7.68. The van der Waals surface area contributed by atoms with Crippen LogP contribution in [0.15, 0.2) is 30.7 Å². The number of H-pyrrole nitrogens is 2. The van der Waals surface area contributed by atoms with Gasteiger partial charge in [0.05, 0.1) is 29.1 Å². The molecule has 0 atom stereocenters. The molecule has 0 radical (unpaired) electrons. The molecule has 0 amide bonds. The fourth-order valence-corrected chi connectivity index (χ4v) is 3.67. The van der Waals surface area contributed by atoms with Gasteiger partial charge in [-0.05, 0) is 48.9 Å². The lowest BCUT2D eigenvalue weighted by molar-refractivity contribution is 0.689. The molecule has 5 rings (SSSR count). The van der Waals surface area contributed by atoms with Gasteiger partial charge in [0.25, 0.3) is 0 Å². The quantitative estimate of drug-likeness (QED) is 0.564. The Balaban J connectivity index is 1.95. The van der Waals surface area contributed by atoms with E-state index in [1.807, 2.05) is 18.6 Å². The Bertz CT molecular complexity index is 981. The fourth-order valence-electron chi connectivity index (χ4n) is 3.67. The van der Waals surface area contributed by atoms with Gasteiger partial charge < -0.3 is 0 Å². The summed E-state index contributed by atoms with van der Waals surface area (Å²) in [5.41, 5.74) is 7.11. The molecule has 5 heteroatoms. The van der Waals surface area contributed by atoms with Crippen LogP contribution in [0, 0.1) is 0 Å². The molecule has 0 fully saturated rings. The molecule has 3 heterocycles. The Morgan fingerprint density at radius 3 is 2.73 bits per heavy atom. The number of aryl methyl sites for hydroxylation is 1. The number of rotatable bonds is 1. The summed E-state index contributed by atoms with van der Waals surface area (Å²) in [6.07, 6.45) is 10.4. The Morgan fingerprint density at radius 2 is 1.86 bits per heavy atom. The number of hydrogen-bond donors (Lipinski definition) is 2. The number of aromatic nitrogens is 5. The van der Waals surface area contributed by atoms with Gasteiger partial charge in [0.15, 0.2) is 0 Å². The number of nitrogens with zero attached hydrogens (tertiary/aromatic N) is 3. The number of pyridine rings is 1. The van der Waals surface area contributed by atoms with Crippen molar-refractivity contribution in [3.8, 4) is 11.3 Å². The Morgan fingerprint density at radius 1 is 0.955 bits per heavy atom. The third-order valence-corrected chi connectivity index (χ3v) is 4.66. The maximum Gasteiger partial charge on any atom is 0.0775 e. The van der Waals surface area contributed by atoms with Gasteiger partial charge in [0.1, 0.15) is 0 Å². The van der Waals surface area contributed by atoms with Crippen LogP contribution in [0.1, 0.15) is 24.0 Å². The Hall–Kier alpha value is -2.69. The predicted molar refractivity (Wildman–Crippen MR) is 85.6 cm³/mol. The van der Waals surface area contributed by atoms with E-state index >= 15 is 0 Å². The van der Waals surface area contributed by atoms with Gasteiger partial charge in [-0.1, -0.05) is 0 Å². The minimum atomic E-state index is 1.05. The van der Waals surface area contributed by atoms with Crippen LogP contribution in [0.25, 0.3) is 33.1 Å². The summed E-state index contributed by atoms with van der Waals surface area (Å²) in [7, 11) is 0. The first-order valence-corrected chi connectivity index (χ1v) is 7.68. The molecule has 1 aliphatic carbocycles. The number of hydrogen-bond acceptors (Lipinski definition) is 3. The highest BCUT2D eigenvalue weighted by molar-refractivity contribution is 6.07. The van der Waals surface area contributed by atoms with Gasteiger partial charge in [-0.2, -0.15) is 10.2 Å². The van der Waals surface area contributed by atoms with Crippen molar-refractivity contribution in [3.05, 3.63) is 41.9 Å². The largest absolute Gasteiger partial charge is 0.285 e. The molecular weight excluding hydrogens is 274 g/mol. The number of benzene rings is 1. The monoisotopic (exact) mass is 289 g/mol. The van der Waals surface area contributed by atoms with Crippen LogP contribution in [0.4, 0.5) is 0 Å². The van der Waals surface area contributed by atoms with E-state index in [0.29, 0.717) is 0 Å². The molecule has 0 unspecified atom stereocenters. The highest BCUT2D eigenvalue weighted by atomic mass is 15.1. The molecule has 0 aliphatic heterocycles. The van der Waals surface area contributed by atoms with Gasteiger partial charge in [0.2, 0.25) is 0 Å². The molecule has 3 aromatic heterocycles. The second kappa shape index (κ2) is 4.40. The minimum Gasteiger partial charge on any atom is -0.285 e. The third kappa shape index (κ3) is 1.56. The molecule has 4 aromatic rings. The lowest BCUT2D eigenvalue weighted by Crippen LogP contribution is -2.07. The lowest BCUT2D eigenvalue weighted by Gasteiger charge is -2.21. The zero-order valence-electron chi connectivity index (χ0n) is 12.1. The standard InChI is InChI=1S/C17H15N5/c1-2-4-12-11(3-1)16-13-9-20-22-14(13)5-6-15(16)21-17(12)10-7-18-19-8-10/h5-9H,1-4H2,(H,18,19)(H,20,22). The van der Waals surface area contributed by atoms with Crippen LogP contribution in [0.3, 0.4) is 0 Å². The molecule has 22 heavy (non-hydrogen) atoms. The van der Waals surface area contributed by atoms with Crippen LogP contribution < -0.4 is 0 Å². The van der Waals surface area contributed by atoms with Crippen LogP contribution in [0.5, 0.6) is 0 Å². The van der Waals surface area contributed by atoms with Crippen molar-refractivity contribution in [1.82, 2.24) is 25.4 Å². The van der Waals surface area contributed by atoms with Crippen LogP contribution in [-0.2, 0) is 12.8 Å². The number of fused-ring (bicyclic) bond motifs is 5. The van der Waals surface area contributed by atoms with Crippen LogP contribution >= 0.6 is 0 Å². The predicted octanol–water partition coefficient (Wildman–Crippen LogP) is 3.38. The van der Waals surface area contributed by atoms with Crippen molar-refractivity contribution in [2.24, 2.45) is 0 Å². The van der Waals surface area contributed by atoms with Crippen molar-refractivity contribution in [1.29, 1.82) is 0 Å². The molecule has 108 valence electrons. The van der Waals surface area contributed by atoms with E-state index in [0.717, 1.165) is 35.1 Å². The van der Waals surface area contributed by atoms with Crippen molar-refractivity contribution < 1.29 is 0 Å². The third-order valence-electron chi connectivity index (χ3n) is 4.66. The summed E-state index contributed by atoms with van der Waals surface area (Å²) in [5, 5.41) is 16.7. The first-order chi connectivity index (χ1) is 10.9. The van der Waals surface area contributed by atoms with E-state index in [4.69, 9.17) is 4.98 Å². The van der Waals surface area contributed by atoms with Gasteiger partial charge in [-0.25, -0.2) is 4.98 Å². The van der Waals surface area contributed by atoms with Gasteiger partial charge >= 0.3 is 0 Å². The van der Waals surface area contributed by atoms with Crippen LogP contribution in [-0.4, -0.2) is 25.4 Å². The van der Waals surface area contributed by atoms with E-state index in [1.54, 1.807) is 0 Å². The smallest absolute Gasteiger partial charge is 0.0775 e. The lowest BCUT2D eigenvalue weighted by atomic mass is 9.86. The van der Waals surface area contributed by atoms with E-state index in [1.165, 1.54) is 34.7 Å². The molecule has 2 N–H and O–H groups in total. The van der Waals surface area contributed by atoms with E-state index in [-0.39, 0.29) is 0 Å². The minimum absolute atomic E-state index is 1.05. The van der Waals surface area contributed by atoms with Gasteiger partial charge in [-0.15, -0.1) is 0 Å². The maximum absolute atomic E-state index is 4.96. The van der Waals surface area contributed by atoms with Crippen molar-refractivity contribution >= 4 is 21.8 Å². The summed E-state index contributed by atoms with van der Waals surface area (Å²) in [6, 6.07) is 4.15. The van der Waals surface area contributed by atoms with Crippen molar-refractivity contribution in [3.63, 3.8) is 0 Å². The molecular formula is C17H15N5. The molecule has 5 nitrogen and oxygen atoms in total. The summed E-state index contributed by atoms with van der Waals surface area (Å²) >= 11 is 0. The van der Waals surface area contributed by atoms with E-state index < -0.39 is 0 Å². The average Bonchev–Trinajstić information content (AvgIpc) is 3.25. The van der Waals surface area contributed by atoms with E-state index in [9.17, 15) is 0 Å². The zero-order chi connectivity index (χ0) is 14.5. The molecule has 0 saturated carbocycles. The van der Waals surface area contributed by atoms with Crippen molar-refractivity contribution in [2.75, 3.05) is 0 Å². The molecule has 0 saturated heterocycles. The summed E-state index contributed by atoms with van der Waals surface area (Å²) < 4.78 is 0. The van der Waals surface area contributed by atoms with E-state index in [2.05, 4.69) is 32.5 Å². The summed E-state index contributed by atoms with van der Waals surface area (Å²) in [6.45, 7) is 0. The molecule has 0 spiro atoms. The molecule has 1 aromatic carbocycles. The average molecular weight is 289 g/mol. The first kappa shape index (κ1) is 11.9. The van der Waals surface area contributed by atoms with Crippen LogP contribution in [0.2, 0.25) is 0 Å². The molecule has 1 aliphatic rings. The SMILES string of the molecule is c1n[nH]cc1-c1nc2ccc3[nH]ncc3c2c2c1CCCC2. The highest BCUT2D eigenvalue weighted by Crippen LogP contribution is 2.37. The maximum atomic E-state index is 4.96. The number of nitrogens with one attached hydrogen (secondary N) is 2. The van der Waals surface area contributed by atoms with Crippen molar-refractivity contribution in [2.45, 2.75) is 25.7 Å². The fraction of sp³-hybridized carbons (Fsp3) is 0.235. The summed E-state index contributed by atoms with van der Waals surface area (Å²) in [4.78, 5) is 4.96. The highest BCUT2D eigenvalue weighted by Gasteiger charge is 2.21. The second-order valence-electron chi connectivity index (χ2n) is 5.90. The topological polar surface area (TPSA) is 70.2 Å².